The van der Waals surface area contributed by atoms with Gasteiger partial charge in [-0.05, 0) is 66.7 Å². The number of anilines is 3. The predicted octanol–water partition coefficient (Wildman–Crippen LogP) is 4.48. The van der Waals surface area contributed by atoms with Crippen LogP contribution in [-0.4, -0.2) is 25.9 Å². The number of pyridine rings is 1. The van der Waals surface area contributed by atoms with E-state index in [0.717, 1.165) is 5.69 Å². The van der Waals surface area contributed by atoms with Crippen molar-refractivity contribution in [1.82, 2.24) is 4.98 Å². The minimum absolute atomic E-state index is 0.114. The molecule has 0 unspecified atom stereocenters. The Morgan fingerprint density at radius 2 is 1.67 bits per heavy atom. The first-order valence-corrected chi connectivity index (χ1v) is 11.5. The second kappa shape index (κ2) is 8.32. The molecule has 9 nitrogen and oxygen atoms in total. The Morgan fingerprint density at radius 1 is 0.970 bits per heavy atom. The highest BCUT2D eigenvalue weighted by molar-refractivity contribution is 7.92. The van der Waals surface area contributed by atoms with Gasteiger partial charge in [0.15, 0.2) is 0 Å². The summed E-state index contributed by atoms with van der Waals surface area (Å²) in [7, 11) is -3.78. The molecular formula is C23H19N5O4S. The van der Waals surface area contributed by atoms with E-state index in [9.17, 15) is 8.42 Å². The number of nitrogens with zero attached hydrogens (tertiary/aromatic N) is 2. The van der Waals surface area contributed by atoms with E-state index in [0.29, 0.717) is 41.1 Å². The maximum atomic E-state index is 12.8. The molecule has 1 aliphatic rings. The standard InChI is InChI=1S/C23H19N5O4S/c24-22-21-11-14-31-23(21)26-15-28(22)17-3-1-16(2-4-17)27-33(29,30)20-7-5-18(6-8-20)32-19-9-12-25-13-10-19/h1-14,24,26-27H,15H2. The van der Waals surface area contributed by atoms with Crippen LogP contribution >= 0.6 is 0 Å². The average molecular weight is 462 g/mol. The van der Waals surface area contributed by atoms with Crippen molar-refractivity contribution in [2.24, 2.45) is 0 Å². The van der Waals surface area contributed by atoms with E-state index in [1.54, 1.807) is 71.9 Å². The molecule has 0 saturated carbocycles. The topological polar surface area (TPSA) is 121 Å². The van der Waals surface area contributed by atoms with Gasteiger partial charge >= 0.3 is 0 Å². The molecule has 2 aromatic carbocycles. The molecule has 0 amide bonds. The lowest BCUT2D eigenvalue weighted by Crippen LogP contribution is -2.39. The highest BCUT2D eigenvalue weighted by Gasteiger charge is 2.24. The number of sulfonamides is 1. The van der Waals surface area contributed by atoms with Crippen molar-refractivity contribution in [3.63, 3.8) is 0 Å². The molecule has 0 atom stereocenters. The number of rotatable bonds is 6. The molecule has 0 fully saturated rings. The summed E-state index contributed by atoms with van der Waals surface area (Å²) in [5, 5.41) is 11.5. The summed E-state index contributed by atoms with van der Waals surface area (Å²) in [6, 6.07) is 18.1. The van der Waals surface area contributed by atoms with Gasteiger partial charge in [0.25, 0.3) is 10.0 Å². The molecule has 0 spiro atoms. The second-order valence-corrected chi connectivity index (χ2v) is 8.87. The van der Waals surface area contributed by atoms with Gasteiger partial charge in [0.05, 0.1) is 23.4 Å². The van der Waals surface area contributed by atoms with Crippen LogP contribution in [0, 0.1) is 5.41 Å². The third-order valence-corrected chi connectivity index (χ3v) is 6.44. The maximum absolute atomic E-state index is 12.8. The van der Waals surface area contributed by atoms with Gasteiger partial charge in [-0.2, -0.15) is 0 Å². The largest absolute Gasteiger partial charge is 0.457 e. The number of aromatic nitrogens is 1. The highest BCUT2D eigenvalue weighted by Crippen LogP contribution is 2.28. The van der Waals surface area contributed by atoms with Crippen molar-refractivity contribution in [1.29, 1.82) is 5.41 Å². The van der Waals surface area contributed by atoms with E-state index in [4.69, 9.17) is 14.6 Å². The number of ether oxygens (including phenoxy) is 1. The summed E-state index contributed by atoms with van der Waals surface area (Å²) >= 11 is 0. The lowest BCUT2D eigenvalue weighted by Gasteiger charge is -2.29. The minimum Gasteiger partial charge on any atom is -0.457 e. The Kier molecular flexibility index (Phi) is 5.19. The van der Waals surface area contributed by atoms with E-state index < -0.39 is 10.0 Å². The van der Waals surface area contributed by atoms with Gasteiger partial charge in [-0.15, -0.1) is 0 Å². The molecule has 0 radical (unpaired) electrons. The molecule has 4 aromatic rings. The van der Waals surface area contributed by atoms with Crippen LogP contribution in [0.2, 0.25) is 0 Å². The fraction of sp³-hybridized carbons (Fsp3) is 0.0435. The first-order valence-electron chi connectivity index (χ1n) is 9.98. The number of hydrogen-bond donors (Lipinski definition) is 3. The number of furan rings is 1. The Morgan fingerprint density at radius 3 is 2.39 bits per heavy atom. The zero-order valence-corrected chi connectivity index (χ0v) is 18.0. The fourth-order valence-corrected chi connectivity index (χ4v) is 4.44. The molecule has 33 heavy (non-hydrogen) atoms. The SMILES string of the molecule is N=C1c2ccoc2NCN1c1ccc(NS(=O)(=O)c2ccc(Oc3ccncc3)cc2)cc1. The van der Waals surface area contributed by atoms with Gasteiger partial charge in [-0.3, -0.25) is 15.1 Å². The zero-order valence-electron chi connectivity index (χ0n) is 17.2. The van der Waals surface area contributed by atoms with Crippen molar-refractivity contribution >= 4 is 33.1 Å². The third kappa shape index (κ3) is 4.23. The van der Waals surface area contributed by atoms with Crippen LogP contribution < -0.4 is 19.7 Å². The Labute approximate surface area is 190 Å². The lowest BCUT2D eigenvalue weighted by molar-refractivity contribution is 0.481. The van der Waals surface area contributed by atoms with Crippen molar-refractivity contribution in [3.05, 3.63) is 91.0 Å². The number of amidine groups is 1. The summed E-state index contributed by atoms with van der Waals surface area (Å²) in [5.74, 6) is 2.00. The van der Waals surface area contributed by atoms with Crippen LogP contribution in [0.4, 0.5) is 17.3 Å². The first kappa shape index (κ1) is 20.6. The third-order valence-electron chi connectivity index (χ3n) is 5.04. The van der Waals surface area contributed by atoms with Gasteiger partial charge < -0.3 is 19.4 Å². The monoisotopic (exact) mass is 461 g/mol. The summed E-state index contributed by atoms with van der Waals surface area (Å²) in [4.78, 5) is 5.80. The van der Waals surface area contributed by atoms with E-state index in [-0.39, 0.29) is 4.90 Å². The minimum atomic E-state index is -3.78. The van der Waals surface area contributed by atoms with Crippen LogP contribution in [0.15, 0.2) is 94.7 Å². The Hall–Kier alpha value is -4.31. The molecule has 166 valence electrons. The molecule has 5 rings (SSSR count). The van der Waals surface area contributed by atoms with E-state index in [2.05, 4.69) is 15.0 Å². The quantitative estimate of drug-likeness (QED) is 0.387. The van der Waals surface area contributed by atoms with E-state index in [1.165, 1.54) is 18.4 Å². The van der Waals surface area contributed by atoms with Crippen molar-refractivity contribution < 1.29 is 17.6 Å². The normalized spacial score (nSPS) is 13.2. The lowest BCUT2D eigenvalue weighted by atomic mass is 10.2. The Balaban J connectivity index is 1.27. The van der Waals surface area contributed by atoms with Crippen LogP contribution in [0.3, 0.4) is 0 Å². The van der Waals surface area contributed by atoms with Crippen molar-refractivity contribution in [2.45, 2.75) is 4.90 Å². The molecule has 2 aromatic heterocycles. The number of benzene rings is 2. The van der Waals surface area contributed by atoms with Crippen molar-refractivity contribution in [3.8, 4) is 11.5 Å². The van der Waals surface area contributed by atoms with E-state index in [1.807, 2.05) is 0 Å². The molecule has 0 saturated heterocycles. The van der Waals surface area contributed by atoms with Crippen LogP contribution in [0.1, 0.15) is 5.56 Å². The number of fused-ring (bicyclic) bond motifs is 1. The van der Waals surface area contributed by atoms with E-state index >= 15 is 0 Å². The van der Waals surface area contributed by atoms with Gasteiger partial charge in [0, 0.05) is 23.8 Å². The van der Waals surface area contributed by atoms with Crippen LogP contribution in [0.5, 0.6) is 11.5 Å². The number of nitrogens with one attached hydrogen (secondary N) is 3. The molecule has 0 aliphatic carbocycles. The Bertz CT molecular complexity index is 1390. The first-order chi connectivity index (χ1) is 16.0. The van der Waals surface area contributed by atoms with Gasteiger partial charge in [-0.25, -0.2) is 8.42 Å². The molecule has 3 N–H and O–H groups in total. The zero-order chi connectivity index (χ0) is 22.8. The van der Waals surface area contributed by atoms with Gasteiger partial charge in [-0.1, -0.05) is 0 Å². The van der Waals surface area contributed by atoms with Gasteiger partial charge in [0.1, 0.15) is 17.3 Å². The van der Waals surface area contributed by atoms with Gasteiger partial charge in [0.2, 0.25) is 5.88 Å². The summed E-state index contributed by atoms with van der Waals surface area (Å²) < 4.78 is 39.1. The molecule has 0 bridgehead atoms. The number of hydrogen-bond acceptors (Lipinski definition) is 7. The smallest absolute Gasteiger partial charge is 0.261 e. The van der Waals surface area contributed by atoms with Crippen molar-refractivity contribution in [2.75, 3.05) is 21.6 Å². The van der Waals surface area contributed by atoms with Crippen LogP contribution in [-0.2, 0) is 10.0 Å². The molecular weight excluding hydrogens is 442 g/mol. The summed E-state index contributed by atoms with van der Waals surface area (Å²) in [6.07, 6.45) is 4.76. The average Bonchev–Trinajstić information content (AvgIpc) is 3.31. The molecule has 10 heteroatoms. The maximum Gasteiger partial charge on any atom is 0.261 e. The molecule has 1 aliphatic heterocycles. The van der Waals surface area contributed by atoms with Crippen LogP contribution in [0.25, 0.3) is 0 Å². The predicted molar refractivity (Wildman–Crippen MR) is 125 cm³/mol. The molecule has 3 heterocycles. The summed E-state index contributed by atoms with van der Waals surface area (Å²) in [6.45, 7) is 0.373. The highest BCUT2D eigenvalue weighted by atomic mass is 32.2. The second-order valence-electron chi connectivity index (χ2n) is 7.18. The fourth-order valence-electron chi connectivity index (χ4n) is 3.38. The summed E-state index contributed by atoms with van der Waals surface area (Å²) in [5.41, 5.74) is 1.83.